The largest absolute Gasteiger partial charge is 0.396 e. The second-order valence-electron chi connectivity index (χ2n) is 5.60. The van der Waals surface area contributed by atoms with Crippen molar-refractivity contribution in [3.05, 3.63) is 0 Å². The van der Waals surface area contributed by atoms with E-state index in [-0.39, 0.29) is 12.1 Å². The number of rotatable bonds is 3. The number of fused-ring (bicyclic) bond motifs is 3. The van der Waals surface area contributed by atoms with Gasteiger partial charge in [-0.3, -0.25) is 0 Å². The fourth-order valence-electron chi connectivity index (χ4n) is 3.61. The molecule has 3 fully saturated rings. The number of hydrogen-bond donors (Lipinski definition) is 2. The second kappa shape index (κ2) is 3.82. The standard InChI is InChI=1S/C12H23NO/c1-12(13,6-7-14)11-8-9-2-4-10(11)5-3-9/h9-11,14H,2-8,13H2,1H3. The molecular formula is C12H23NO. The Morgan fingerprint density at radius 1 is 1.29 bits per heavy atom. The number of nitrogens with two attached hydrogens (primary N) is 1. The Morgan fingerprint density at radius 2 is 1.93 bits per heavy atom. The van der Waals surface area contributed by atoms with E-state index >= 15 is 0 Å². The molecule has 0 aliphatic heterocycles. The minimum atomic E-state index is -0.126. The quantitative estimate of drug-likeness (QED) is 0.726. The van der Waals surface area contributed by atoms with Gasteiger partial charge in [0.05, 0.1) is 0 Å². The van der Waals surface area contributed by atoms with Crippen LogP contribution in [0.2, 0.25) is 0 Å². The molecule has 2 unspecified atom stereocenters. The maximum absolute atomic E-state index is 9.02. The van der Waals surface area contributed by atoms with Crippen LogP contribution in [-0.2, 0) is 0 Å². The van der Waals surface area contributed by atoms with Gasteiger partial charge in [0.25, 0.3) is 0 Å². The minimum absolute atomic E-state index is 0.126. The normalized spacial score (nSPS) is 40.9. The Kier molecular flexibility index (Phi) is 2.85. The van der Waals surface area contributed by atoms with Crippen molar-refractivity contribution in [1.82, 2.24) is 0 Å². The SMILES string of the molecule is CC(N)(CCO)C1CC2CCC1CC2. The molecule has 3 N–H and O–H groups in total. The minimum Gasteiger partial charge on any atom is -0.396 e. The van der Waals surface area contributed by atoms with Crippen LogP contribution in [0.15, 0.2) is 0 Å². The monoisotopic (exact) mass is 197 g/mol. The Bertz CT molecular complexity index is 194. The van der Waals surface area contributed by atoms with Gasteiger partial charge in [-0.1, -0.05) is 12.8 Å². The predicted octanol–water partition coefficient (Wildman–Crippen LogP) is 1.91. The highest BCUT2D eigenvalue weighted by Gasteiger charge is 2.43. The zero-order valence-electron chi connectivity index (χ0n) is 9.21. The number of aliphatic hydroxyl groups is 1. The smallest absolute Gasteiger partial charge is 0.0448 e. The van der Waals surface area contributed by atoms with E-state index in [0.29, 0.717) is 5.92 Å². The topological polar surface area (TPSA) is 46.2 Å². The molecule has 2 nitrogen and oxygen atoms in total. The molecule has 2 bridgehead atoms. The number of aliphatic hydroxyl groups excluding tert-OH is 1. The van der Waals surface area contributed by atoms with E-state index in [1.165, 1.54) is 32.1 Å². The molecule has 82 valence electrons. The third-order valence-electron chi connectivity index (χ3n) is 4.55. The molecule has 14 heavy (non-hydrogen) atoms. The average molecular weight is 197 g/mol. The van der Waals surface area contributed by atoms with Crippen molar-refractivity contribution in [2.45, 2.75) is 51.0 Å². The van der Waals surface area contributed by atoms with Gasteiger partial charge in [-0.15, -0.1) is 0 Å². The molecule has 0 aromatic rings. The van der Waals surface area contributed by atoms with Gasteiger partial charge in [-0.05, 0) is 50.4 Å². The molecule has 3 saturated carbocycles. The van der Waals surface area contributed by atoms with E-state index in [4.69, 9.17) is 10.8 Å². The zero-order chi connectivity index (χ0) is 10.2. The van der Waals surface area contributed by atoms with Crippen LogP contribution in [-0.4, -0.2) is 17.3 Å². The van der Waals surface area contributed by atoms with Crippen LogP contribution in [0.25, 0.3) is 0 Å². The van der Waals surface area contributed by atoms with Crippen molar-refractivity contribution >= 4 is 0 Å². The summed E-state index contributed by atoms with van der Waals surface area (Å²) in [5, 5.41) is 9.02. The lowest BCUT2D eigenvalue weighted by Crippen LogP contribution is -2.52. The van der Waals surface area contributed by atoms with Crippen molar-refractivity contribution in [1.29, 1.82) is 0 Å². The van der Waals surface area contributed by atoms with E-state index in [0.717, 1.165) is 18.3 Å². The summed E-state index contributed by atoms with van der Waals surface area (Å²) in [4.78, 5) is 0. The highest BCUT2D eigenvalue weighted by atomic mass is 16.3. The van der Waals surface area contributed by atoms with E-state index < -0.39 is 0 Å². The Balaban J connectivity index is 2.03. The highest BCUT2D eigenvalue weighted by Crippen LogP contribution is 2.48. The van der Waals surface area contributed by atoms with Crippen LogP contribution in [0.1, 0.15) is 45.4 Å². The lowest BCUT2D eigenvalue weighted by molar-refractivity contribution is 0.0375. The first-order valence-corrected chi connectivity index (χ1v) is 6.03. The van der Waals surface area contributed by atoms with Crippen LogP contribution in [0.5, 0.6) is 0 Å². The summed E-state index contributed by atoms with van der Waals surface area (Å²) < 4.78 is 0. The first kappa shape index (κ1) is 10.4. The van der Waals surface area contributed by atoms with Crippen molar-refractivity contribution < 1.29 is 5.11 Å². The number of hydrogen-bond acceptors (Lipinski definition) is 2. The summed E-state index contributed by atoms with van der Waals surface area (Å²) in [5.41, 5.74) is 6.20. The average Bonchev–Trinajstić information content (AvgIpc) is 2.19. The van der Waals surface area contributed by atoms with Crippen molar-refractivity contribution in [3.63, 3.8) is 0 Å². The molecule has 2 atom stereocenters. The maximum Gasteiger partial charge on any atom is 0.0448 e. The fourth-order valence-corrected chi connectivity index (χ4v) is 3.61. The van der Waals surface area contributed by atoms with Gasteiger partial charge >= 0.3 is 0 Å². The van der Waals surface area contributed by atoms with Gasteiger partial charge in [-0.2, -0.15) is 0 Å². The van der Waals surface area contributed by atoms with Gasteiger partial charge in [0.15, 0.2) is 0 Å². The first-order chi connectivity index (χ1) is 6.63. The summed E-state index contributed by atoms with van der Waals surface area (Å²) >= 11 is 0. The molecule has 3 aliphatic rings. The third kappa shape index (κ3) is 1.82. The molecule has 3 rings (SSSR count). The van der Waals surface area contributed by atoms with Crippen LogP contribution in [0.4, 0.5) is 0 Å². The van der Waals surface area contributed by atoms with Crippen molar-refractivity contribution in [2.75, 3.05) is 6.61 Å². The van der Waals surface area contributed by atoms with Crippen LogP contribution < -0.4 is 5.73 Å². The summed E-state index contributed by atoms with van der Waals surface area (Å²) in [6.45, 7) is 2.37. The second-order valence-corrected chi connectivity index (χ2v) is 5.60. The van der Waals surface area contributed by atoms with Gasteiger partial charge in [-0.25, -0.2) is 0 Å². The summed E-state index contributed by atoms with van der Waals surface area (Å²) in [6.07, 6.45) is 7.70. The molecule has 3 aliphatic carbocycles. The van der Waals surface area contributed by atoms with E-state index in [1.807, 2.05) is 0 Å². The zero-order valence-corrected chi connectivity index (χ0v) is 9.21. The predicted molar refractivity (Wildman–Crippen MR) is 57.9 cm³/mol. The lowest BCUT2D eigenvalue weighted by atomic mass is 9.59. The molecule has 2 heteroatoms. The molecule has 0 saturated heterocycles. The molecular weight excluding hydrogens is 174 g/mol. The summed E-state index contributed by atoms with van der Waals surface area (Å²) in [5.74, 6) is 2.45. The van der Waals surface area contributed by atoms with Crippen molar-refractivity contribution in [3.8, 4) is 0 Å². The summed E-state index contributed by atoms with van der Waals surface area (Å²) in [6, 6.07) is 0. The maximum atomic E-state index is 9.02. The van der Waals surface area contributed by atoms with E-state index in [1.54, 1.807) is 0 Å². The molecule has 0 aromatic carbocycles. The summed E-state index contributed by atoms with van der Waals surface area (Å²) in [7, 11) is 0. The molecule has 0 spiro atoms. The van der Waals surface area contributed by atoms with Gasteiger partial charge in [0, 0.05) is 12.1 Å². The van der Waals surface area contributed by atoms with Gasteiger partial charge in [0.1, 0.15) is 0 Å². The molecule has 0 radical (unpaired) electrons. The highest BCUT2D eigenvalue weighted by molar-refractivity contribution is 4.97. The van der Waals surface area contributed by atoms with Crippen LogP contribution in [0, 0.1) is 17.8 Å². The van der Waals surface area contributed by atoms with E-state index in [9.17, 15) is 0 Å². The molecule has 0 aromatic heterocycles. The van der Waals surface area contributed by atoms with Gasteiger partial charge < -0.3 is 10.8 Å². The third-order valence-corrected chi connectivity index (χ3v) is 4.55. The van der Waals surface area contributed by atoms with Crippen LogP contribution >= 0.6 is 0 Å². The fraction of sp³-hybridized carbons (Fsp3) is 1.00. The van der Waals surface area contributed by atoms with Crippen molar-refractivity contribution in [2.24, 2.45) is 23.5 Å². The Morgan fingerprint density at radius 3 is 2.36 bits per heavy atom. The molecule has 0 amide bonds. The van der Waals surface area contributed by atoms with Crippen LogP contribution in [0.3, 0.4) is 0 Å². The van der Waals surface area contributed by atoms with Gasteiger partial charge in [0.2, 0.25) is 0 Å². The Hall–Kier alpha value is -0.0800. The Labute approximate surface area is 86.9 Å². The van der Waals surface area contributed by atoms with E-state index in [2.05, 4.69) is 6.92 Å². The first-order valence-electron chi connectivity index (χ1n) is 6.03. The molecule has 0 heterocycles. The lowest BCUT2D eigenvalue weighted by Gasteiger charge is -2.49.